The van der Waals surface area contributed by atoms with Gasteiger partial charge in [-0.1, -0.05) is 12.1 Å². The Morgan fingerprint density at radius 3 is 2.78 bits per heavy atom. The summed E-state index contributed by atoms with van der Waals surface area (Å²) < 4.78 is 10.8. The van der Waals surface area contributed by atoms with Crippen LogP contribution in [0.2, 0.25) is 0 Å². The van der Waals surface area contributed by atoms with Gasteiger partial charge in [0, 0.05) is 23.5 Å². The molecule has 1 aliphatic carbocycles. The molecule has 5 heteroatoms. The van der Waals surface area contributed by atoms with Crippen LogP contribution in [0.25, 0.3) is 0 Å². The molecule has 0 N–H and O–H groups in total. The van der Waals surface area contributed by atoms with Crippen LogP contribution < -0.4 is 9.47 Å². The highest BCUT2D eigenvalue weighted by Crippen LogP contribution is 2.27. The molecule has 0 saturated heterocycles. The van der Waals surface area contributed by atoms with Crippen LogP contribution in [-0.4, -0.2) is 37.1 Å². The van der Waals surface area contributed by atoms with E-state index in [1.807, 2.05) is 23.1 Å². The quantitative estimate of drug-likeness (QED) is 0.744. The number of amides is 1. The van der Waals surface area contributed by atoms with Crippen molar-refractivity contribution in [3.63, 3.8) is 0 Å². The van der Waals surface area contributed by atoms with Crippen molar-refractivity contribution >= 4 is 17.2 Å². The zero-order valence-corrected chi connectivity index (χ0v) is 14.1. The third kappa shape index (κ3) is 4.48. The van der Waals surface area contributed by atoms with E-state index in [0.717, 1.165) is 31.6 Å². The Bertz CT molecular complexity index is 637. The smallest absolute Gasteiger partial charge is 0.260 e. The van der Waals surface area contributed by atoms with E-state index >= 15 is 0 Å². The van der Waals surface area contributed by atoms with Crippen molar-refractivity contribution in [2.75, 3.05) is 20.3 Å². The van der Waals surface area contributed by atoms with Gasteiger partial charge in [-0.3, -0.25) is 4.79 Å². The highest BCUT2D eigenvalue weighted by atomic mass is 32.1. The third-order valence-corrected chi connectivity index (χ3v) is 4.83. The Morgan fingerprint density at radius 1 is 1.26 bits per heavy atom. The highest BCUT2D eigenvalue weighted by Gasteiger charge is 2.32. The summed E-state index contributed by atoms with van der Waals surface area (Å²) >= 11 is 1.74. The summed E-state index contributed by atoms with van der Waals surface area (Å²) in [5.74, 6) is 1.45. The Labute approximate surface area is 140 Å². The number of hydrogen-bond acceptors (Lipinski definition) is 4. The first-order valence-electron chi connectivity index (χ1n) is 7.85. The van der Waals surface area contributed by atoms with Gasteiger partial charge in [-0.05, 0) is 42.8 Å². The number of thiophene rings is 1. The first-order valence-corrected chi connectivity index (χ1v) is 8.73. The monoisotopic (exact) mass is 331 g/mol. The molecule has 1 heterocycles. The summed E-state index contributed by atoms with van der Waals surface area (Å²) in [6, 6.07) is 11.9. The molecule has 0 bridgehead atoms. The lowest BCUT2D eigenvalue weighted by Crippen LogP contribution is -2.38. The average Bonchev–Trinajstić information content (AvgIpc) is 3.28. The fraction of sp³-hybridized carbons (Fsp3) is 0.389. The van der Waals surface area contributed by atoms with Crippen LogP contribution in [0.1, 0.15) is 17.7 Å². The minimum Gasteiger partial charge on any atom is -0.497 e. The van der Waals surface area contributed by atoms with Gasteiger partial charge in [0.05, 0.1) is 7.11 Å². The molecule has 1 amide bonds. The molecule has 1 fully saturated rings. The Kier molecular flexibility index (Phi) is 5.18. The Balaban J connectivity index is 1.53. The second-order valence-electron chi connectivity index (χ2n) is 5.62. The van der Waals surface area contributed by atoms with Gasteiger partial charge in [0.1, 0.15) is 11.5 Å². The van der Waals surface area contributed by atoms with E-state index in [2.05, 4.69) is 17.5 Å². The van der Waals surface area contributed by atoms with Crippen LogP contribution in [-0.2, 0) is 11.2 Å². The molecular formula is C18H21NO3S. The minimum absolute atomic E-state index is 0.0619. The molecule has 4 nitrogen and oxygen atoms in total. The molecule has 0 unspecified atom stereocenters. The van der Waals surface area contributed by atoms with Gasteiger partial charge in [0.2, 0.25) is 0 Å². The summed E-state index contributed by atoms with van der Waals surface area (Å²) in [6.45, 7) is 0.847. The topological polar surface area (TPSA) is 38.8 Å². The molecule has 122 valence electrons. The molecule has 23 heavy (non-hydrogen) atoms. The van der Waals surface area contributed by atoms with Crippen molar-refractivity contribution < 1.29 is 14.3 Å². The first kappa shape index (κ1) is 15.9. The molecule has 0 radical (unpaired) electrons. The van der Waals surface area contributed by atoms with Gasteiger partial charge in [-0.25, -0.2) is 0 Å². The van der Waals surface area contributed by atoms with E-state index in [1.54, 1.807) is 24.5 Å². The van der Waals surface area contributed by atoms with Crippen molar-refractivity contribution in [3.05, 3.63) is 46.7 Å². The standard InChI is InChI=1S/C18H21NO3S/c1-21-15-4-2-5-16(12-15)22-13-18(20)19(14-7-8-14)10-9-17-6-3-11-23-17/h2-6,11-12,14H,7-10,13H2,1H3. The molecular weight excluding hydrogens is 310 g/mol. The lowest BCUT2D eigenvalue weighted by Gasteiger charge is -2.22. The van der Waals surface area contributed by atoms with Gasteiger partial charge < -0.3 is 14.4 Å². The number of rotatable bonds is 8. The van der Waals surface area contributed by atoms with Crippen molar-refractivity contribution in [3.8, 4) is 11.5 Å². The van der Waals surface area contributed by atoms with Gasteiger partial charge in [0.25, 0.3) is 5.91 Å². The third-order valence-electron chi connectivity index (χ3n) is 3.89. The van der Waals surface area contributed by atoms with Crippen LogP contribution >= 0.6 is 11.3 Å². The molecule has 0 atom stereocenters. The van der Waals surface area contributed by atoms with Crippen molar-refractivity contribution in [2.24, 2.45) is 0 Å². The van der Waals surface area contributed by atoms with E-state index < -0.39 is 0 Å². The average molecular weight is 331 g/mol. The van der Waals surface area contributed by atoms with Crippen molar-refractivity contribution in [1.29, 1.82) is 0 Å². The highest BCUT2D eigenvalue weighted by molar-refractivity contribution is 7.09. The second-order valence-corrected chi connectivity index (χ2v) is 6.65. The maximum atomic E-state index is 12.5. The number of carbonyl (C=O) groups is 1. The van der Waals surface area contributed by atoms with Crippen molar-refractivity contribution in [2.45, 2.75) is 25.3 Å². The van der Waals surface area contributed by atoms with Crippen LogP contribution in [0.4, 0.5) is 0 Å². The predicted molar refractivity (Wildman–Crippen MR) is 91.2 cm³/mol. The zero-order chi connectivity index (χ0) is 16.1. The van der Waals surface area contributed by atoms with E-state index in [4.69, 9.17) is 9.47 Å². The lowest BCUT2D eigenvalue weighted by molar-refractivity contribution is -0.133. The largest absolute Gasteiger partial charge is 0.497 e. The number of nitrogens with zero attached hydrogens (tertiary/aromatic N) is 1. The Hall–Kier alpha value is -2.01. The normalized spacial score (nSPS) is 13.6. The SMILES string of the molecule is COc1cccc(OCC(=O)N(CCc2cccs2)C2CC2)c1. The van der Waals surface area contributed by atoms with E-state index in [-0.39, 0.29) is 12.5 Å². The first-order chi connectivity index (χ1) is 11.3. The number of ether oxygens (including phenoxy) is 2. The summed E-state index contributed by atoms with van der Waals surface area (Å²) in [5, 5.41) is 2.07. The number of benzene rings is 1. The molecule has 1 aromatic carbocycles. The van der Waals surface area contributed by atoms with Crippen LogP contribution in [0.15, 0.2) is 41.8 Å². The van der Waals surface area contributed by atoms with Gasteiger partial charge in [-0.15, -0.1) is 11.3 Å². The predicted octanol–water partition coefficient (Wildman–Crippen LogP) is 3.37. The van der Waals surface area contributed by atoms with Gasteiger partial charge in [0.15, 0.2) is 6.61 Å². The van der Waals surface area contributed by atoms with Gasteiger partial charge in [-0.2, -0.15) is 0 Å². The maximum Gasteiger partial charge on any atom is 0.260 e. The molecule has 2 aromatic rings. The second kappa shape index (κ2) is 7.51. The number of carbonyl (C=O) groups excluding carboxylic acids is 1. The molecule has 1 saturated carbocycles. The zero-order valence-electron chi connectivity index (χ0n) is 13.2. The molecule has 1 aromatic heterocycles. The van der Waals surface area contributed by atoms with Crippen LogP contribution in [0, 0.1) is 0 Å². The number of methoxy groups -OCH3 is 1. The minimum atomic E-state index is 0.0619. The molecule has 0 aliphatic heterocycles. The summed E-state index contributed by atoms with van der Waals surface area (Å²) in [7, 11) is 1.61. The lowest BCUT2D eigenvalue weighted by atomic mass is 10.3. The molecule has 0 spiro atoms. The molecule has 1 aliphatic rings. The van der Waals surface area contributed by atoms with Gasteiger partial charge >= 0.3 is 0 Å². The van der Waals surface area contributed by atoms with Crippen LogP contribution in [0.3, 0.4) is 0 Å². The van der Waals surface area contributed by atoms with E-state index in [1.165, 1.54) is 4.88 Å². The summed E-state index contributed by atoms with van der Waals surface area (Å²) in [6.07, 6.45) is 3.13. The number of hydrogen-bond donors (Lipinski definition) is 0. The van der Waals surface area contributed by atoms with Crippen molar-refractivity contribution in [1.82, 2.24) is 4.90 Å². The van der Waals surface area contributed by atoms with Crippen LogP contribution in [0.5, 0.6) is 11.5 Å². The summed E-state index contributed by atoms with van der Waals surface area (Å²) in [5.41, 5.74) is 0. The maximum absolute atomic E-state index is 12.5. The Morgan fingerprint density at radius 2 is 2.09 bits per heavy atom. The van der Waals surface area contributed by atoms with E-state index in [9.17, 15) is 4.79 Å². The fourth-order valence-corrected chi connectivity index (χ4v) is 3.20. The fourth-order valence-electron chi connectivity index (χ4n) is 2.50. The van der Waals surface area contributed by atoms with E-state index in [0.29, 0.717) is 11.8 Å². The molecule has 3 rings (SSSR count). The summed E-state index contributed by atoms with van der Waals surface area (Å²) in [4.78, 5) is 15.8.